The van der Waals surface area contributed by atoms with E-state index in [1.54, 1.807) is 0 Å². The van der Waals surface area contributed by atoms with Gasteiger partial charge in [-0.1, -0.05) is 34.6 Å². The van der Waals surface area contributed by atoms with Crippen molar-refractivity contribution >= 4 is 0 Å². The fraction of sp³-hybridized carbons (Fsp3) is 1.00. The van der Waals surface area contributed by atoms with E-state index in [0.717, 1.165) is 24.2 Å². The smallest absolute Gasteiger partial charge is 0.0203 e. The third-order valence-electron chi connectivity index (χ3n) is 4.63. The largest absolute Gasteiger partial charge is 0.325 e. The Balaban J connectivity index is 2.75. The summed E-state index contributed by atoms with van der Waals surface area (Å²) in [5.41, 5.74) is 6.71. The van der Waals surface area contributed by atoms with Crippen LogP contribution in [-0.4, -0.2) is 5.54 Å². The van der Waals surface area contributed by atoms with Crippen LogP contribution < -0.4 is 5.73 Å². The van der Waals surface area contributed by atoms with Gasteiger partial charge in [0.15, 0.2) is 0 Å². The Kier molecular flexibility index (Phi) is 4.22. The van der Waals surface area contributed by atoms with Gasteiger partial charge in [0.05, 0.1) is 0 Å². The lowest BCUT2D eigenvalue weighted by atomic mass is 9.64. The molecule has 1 heteroatoms. The zero-order valence-corrected chi connectivity index (χ0v) is 11.2. The van der Waals surface area contributed by atoms with Crippen molar-refractivity contribution in [3.63, 3.8) is 0 Å². The van der Waals surface area contributed by atoms with Crippen LogP contribution in [0.15, 0.2) is 0 Å². The minimum atomic E-state index is 0.0724. The fourth-order valence-corrected chi connectivity index (χ4v) is 3.55. The monoisotopic (exact) mass is 211 g/mol. The van der Waals surface area contributed by atoms with Gasteiger partial charge in [0.25, 0.3) is 0 Å². The molecule has 3 unspecified atom stereocenters. The summed E-state index contributed by atoms with van der Waals surface area (Å²) in [6.07, 6.45) is 5.20. The van der Waals surface area contributed by atoms with Crippen LogP contribution in [0.3, 0.4) is 0 Å². The second-order valence-corrected chi connectivity index (χ2v) is 6.24. The van der Waals surface area contributed by atoms with Gasteiger partial charge in [0.1, 0.15) is 0 Å². The minimum Gasteiger partial charge on any atom is -0.325 e. The first-order valence-electron chi connectivity index (χ1n) is 6.69. The normalized spacial score (nSPS) is 36.6. The molecule has 0 saturated heterocycles. The Labute approximate surface area is 95.8 Å². The number of rotatable bonds is 3. The molecule has 1 rings (SSSR count). The lowest BCUT2D eigenvalue weighted by Crippen LogP contribution is -2.53. The highest BCUT2D eigenvalue weighted by atomic mass is 14.8. The van der Waals surface area contributed by atoms with Crippen molar-refractivity contribution in [3.8, 4) is 0 Å². The molecule has 2 N–H and O–H groups in total. The predicted octanol–water partition coefficient (Wildman–Crippen LogP) is 3.82. The Hall–Kier alpha value is -0.0400. The van der Waals surface area contributed by atoms with E-state index in [1.165, 1.54) is 19.3 Å². The second kappa shape index (κ2) is 4.86. The van der Waals surface area contributed by atoms with E-state index in [-0.39, 0.29) is 5.54 Å². The highest BCUT2D eigenvalue weighted by Crippen LogP contribution is 2.41. The van der Waals surface area contributed by atoms with Crippen LogP contribution in [-0.2, 0) is 0 Å². The quantitative estimate of drug-likeness (QED) is 0.754. The zero-order chi connectivity index (χ0) is 11.6. The summed E-state index contributed by atoms with van der Waals surface area (Å²) in [4.78, 5) is 0. The van der Waals surface area contributed by atoms with E-state index in [4.69, 9.17) is 5.73 Å². The molecule has 15 heavy (non-hydrogen) atoms. The van der Waals surface area contributed by atoms with E-state index in [1.807, 2.05) is 0 Å². The van der Waals surface area contributed by atoms with Crippen LogP contribution in [0.25, 0.3) is 0 Å². The molecule has 0 aromatic carbocycles. The van der Waals surface area contributed by atoms with Crippen molar-refractivity contribution in [1.82, 2.24) is 0 Å². The maximum absolute atomic E-state index is 6.64. The third-order valence-corrected chi connectivity index (χ3v) is 4.63. The van der Waals surface area contributed by atoms with Gasteiger partial charge in [-0.2, -0.15) is 0 Å². The SMILES string of the molecule is CCC(N)(C(C)C)C1CC(C)CC(C)C1. The first kappa shape index (κ1) is 13.0. The minimum absolute atomic E-state index is 0.0724. The van der Waals surface area contributed by atoms with Crippen LogP contribution in [0, 0.1) is 23.7 Å². The van der Waals surface area contributed by atoms with E-state index < -0.39 is 0 Å². The lowest BCUT2D eigenvalue weighted by Gasteiger charge is -2.45. The van der Waals surface area contributed by atoms with Gasteiger partial charge >= 0.3 is 0 Å². The van der Waals surface area contributed by atoms with Crippen LogP contribution in [0.4, 0.5) is 0 Å². The highest BCUT2D eigenvalue weighted by molar-refractivity contribution is 4.95. The van der Waals surface area contributed by atoms with Crippen LogP contribution in [0.1, 0.15) is 60.3 Å². The molecule has 90 valence electrons. The van der Waals surface area contributed by atoms with Crippen LogP contribution in [0.2, 0.25) is 0 Å². The molecule has 0 heterocycles. The maximum Gasteiger partial charge on any atom is 0.0203 e. The predicted molar refractivity (Wildman–Crippen MR) is 67.7 cm³/mol. The summed E-state index contributed by atoms with van der Waals surface area (Å²) in [5, 5.41) is 0. The van der Waals surface area contributed by atoms with Gasteiger partial charge < -0.3 is 5.73 Å². The van der Waals surface area contributed by atoms with Gasteiger partial charge in [-0.3, -0.25) is 0 Å². The second-order valence-electron chi connectivity index (χ2n) is 6.24. The van der Waals surface area contributed by atoms with E-state index in [0.29, 0.717) is 5.92 Å². The van der Waals surface area contributed by atoms with E-state index in [9.17, 15) is 0 Å². The number of nitrogens with two attached hydrogens (primary N) is 1. The van der Waals surface area contributed by atoms with Crippen molar-refractivity contribution in [2.24, 2.45) is 29.4 Å². The fourth-order valence-electron chi connectivity index (χ4n) is 3.55. The Morgan fingerprint density at radius 2 is 1.60 bits per heavy atom. The Morgan fingerprint density at radius 3 is 1.93 bits per heavy atom. The Bertz CT molecular complexity index is 190. The topological polar surface area (TPSA) is 26.0 Å². The average molecular weight is 211 g/mol. The molecule has 0 aromatic heterocycles. The molecule has 0 amide bonds. The molecule has 1 saturated carbocycles. The summed E-state index contributed by atoms with van der Waals surface area (Å²) in [6, 6.07) is 0. The zero-order valence-electron chi connectivity index (χ0n) is 11.2. The summed E-state index contributed by atoms with van der Waals surface area (Å²) in [5.74, 6) is 3.07. The van der Waals surface area contributed by atoms with Crippen molar-refractivity contribution in [1.29, 1.82) is 0 Å². The molecule has 0 spiro atoms. The summed E-state index contributed by atoms with van der Waals surface area (Å²) >= 11 is 0. The molecule has 1 aliphatic carbocycles. The molecule has 0 aliphatic heterocycles. The number of hydrogen-bond donors (Lipinski definition) is 1. The molecular weight excluding hydrogens is 182 g/mol. The van der Waals surface area contributed by atoms with Gasteiger partial charge in [-0.15, -0.1) is 0 Å². The third kappa shape index (κ3) is 2.75. The first-order chi connectivity index (χ1) is 6.90. The summed E-state index contributed by atoms with van der Waals surface area (Å²) < 4.78 is 0. The molecule has 0 bridgehead atoms. The van der Waals surface area contributed by atoms with Crippen LogP contribution >= 0.6 is 0 Å². The average Bonchev–Trinajstić information content (AvgIpc) is 2.14. The molecule has 0 radical (unpaired) electrons. The highest BCUT2D eigenvalue weighted by Gasteiger charge is 2.39. The molecule has 3 atom stereocenters. The molecule has 1 nitrogen and oxygen atoms in total. The van der Waals surface area contributed by atoms with Gasteiger partial charge in [-0.25, -0.2) is 0 Å². The first-order valence-corrected chi connectivity index (χ1v) is 6.69. The molecule has 1 aliphatic rings. The van der Waals surface area contributed by atoms with Gasteiger partial charge in [0.2, 0.25) is 0 Å². The molecule has 0 aromatic rings. The van der Waals surface area contributed by atoms with E-state index in [2.05, 4.69) is 34.6 Å². The van der Waals surface area contributed by atoms with E-state index >= 15 is 0 Å². The number of hydrogen-bond acceptors (Lipinski definition) is 1. The molecular formula is C14H29N. The van der Waals surface area contributed by atoms with Gasteiger partial charge in [0, 0.05) is 5.54 Å². The standard InChI is InChI=1S/C14H29N/c1-6-14(15,10(2)3)13-8-11(4)7-12(5)9-13/h10-13H,6-9,15H2,1-5H3. The van der Waals surface area contributed by atoms with Crippen molar-refractivity contribution in [3.05, 3.63) is 0 Å². The van der Waals surface area contributed by atoms with Gasteiger partial charge in [-0.05, 0) is 49.4 Å². The summed E-state index contributed by atoms with van der Waals surface area (Å²) in [7, 11) is 0. The maximum atomic E-state index is 6.64. The van der Waals surface area contributed by atoms with Crippen molar-refractivity contribution in [2.75, 3.05) is 0 Å². The van der Waals surface area contributed by atoms with Crippen LogP contribution in [0.5, 0.6) is 0 Å². The molecule has 1 fully saturated rings. The lowest BCUT2D eigenvalue weighted by molar-refractivity contribution is 0.0978. The van der Waals surface area contributed by atoms with Crippen molar-refractivity contribution in [2.45, 2.75) is 65.8 Å². The summed E-state index contributed by atoms with van der Waals surface area (Å²) in [6.45, 7) is 11.6. The Morgan fingerprint density at radius 1 is 1.13 bits per heavy atom. The van der Waals surface area contributed by atoms with Crippen molar-refractivity contribution < 1.29 is 0 Å².